The number of ether oxygens (including phenoxy) is 2. The molecule has 2 aromatic rings. The quantitative estimate of drug-likeness (QED) is 0.751. The van der Waals surface area contributed by atoms with Gasteiger partial charge in [-0.25, -0.2) is 0 Å². The Labute approximate surface area is 128 Å². The first-order valence-electron chi connectivity index (χ1n) is 6.66. The molecule has 0 aliphatic rings. The number of benzene rings is 2. The van der Waals surface area contributed by atoms with Gasteiger partial charge in [-0.2, -0.15) is 0 Å². The molecule has 0 bridgehead atoms. The van der Waals surface area contributed by atoms with Gasteiger partial charge in [-0.1, -0.05) is 48.0 Å². The molecule has 0 spiro atoms. The Morgan fingerprint density at radius 2 is 1.85 bits per heavy atom. The first-order valence-corrected chi connectivity index (χ1v) is 7.45. The van der Waals surface area contributed by atoms with E-state index in [1.54, 1.807) is 7.11 Å². The average molecular weight is 335 g/mol. The Morgan fingerprint density at radius 1 is 1.10 bits per heavy atom. The summed E-state index contributed by atoms with van der Waals surface area (Å²) >= 11 is 3.55. The van der Waals surface area contributed by atoms with Gasteiger partial charge in [0.15, 0.2) is 0 Å². The SMILES string of the molecule is COc1ccc(Br)c(COc2ccccc2C(C)C)c1. The van der Waals surface area contributed by atoms with Gasteiger partial charge in [0.1, 0.15) is 18.1 Å². The molecule has 2 rings (SSSR count). The number of methoxy groups -OCH3 is 1. The van der Waals surface area contributed by atoms with E-state index in [4.69, 9.17) is 9.47 Å². The molecule has 2 nitrogen and oxygen atoms in total. The Balaban J connectivity index is 2.17. The Kier molecular flexibility index (Phi) is 5.07. The maximum Gasteiger partial charge on any atom is 0.123 e. The molecule has 0 N–H and O–H groups in total. The van der Waals surface area contributed by atoms with Crippen LogP contribution in [0, 0.1) is 0 Å². The fourth-order valence-corrected chi connectivity index (χ4v) is 2.39. The average Bonchev–Trinajstić information content (AvgIpc) is 2.46. The van der Waals surface area contributed by atoms with Crippen molar-refractivity contribution in [3.8, 4) is 11.5 Å². The summed E-state index contributed by atoms with van der Waals surface area (Å²) in [7, 11) is 1.67. The number of halogens is 1. The van der Waals surface area contributed by atoms with E-state index in [9.17, 15) is 0 Å². The second-order valence-electron chi connectivity index (χ2n) is 4.94. The van der Waals surface area contributed by atoms with E-state index >= 15 is 0 Å². The maximum atomic E-state index is 5.98. The van der Waals surface area contributed by atoms with Gasteiger partial charge in [0.2, 0.25) is 0 Å². The van der Waals surface area contributed by atoms with Gasteiger partial charge in [-0.3, -0.25) is 0 Å². The minimum Gasteiger partial charge on any atom is -0.497 e. The summed E-state index contributed by atoms with van der Waals surface area (Å²) in [5.41, 5.74) is 2.30. The summed E-state index contributed by atoms with van der Waals surface area (Å²) in [5.74, 6) is 2.22. The Bertz CT molecular complexity index is 579. The lowest BCUT2D eigenvalue weighted by Gasteiger charge is -2.15. The van der Waals surface area contributed by atoms with E-state index in [1.165, 1.54) is 5.56 Å². The summed E-state index contributed by atoms with van der Waals surface area (Å²) in [6, 6.07) is 14.1. The van der Waals surface area contributed by atoms with Gasteiger partial charge in [0, 0.05) is 10.0 Å². The highest BCUT2D eigenvalue weighted by Crippen LogP contribution is 2.28. The highest BCUT2D eigenvalue weighted by molar-refractivity contribution is 9.10. The van der Waals surface area contributed by atoms with Gasteiger partial charge in [-0.05, 0) is 35.7 Å². The summed E-state index contributed by atoms with van der Waals surface area (Å²) in [4.78, 5) is 0. The normalized spacial score (nSPS) is 10.7. The largest absolute Gasteiger partial charge is 0.497 e. The lowest BCUT2D eigenvalue weighted by atomic mass is 10.0. The Morgan fingerprint density at radius 3 is 2.55 bits per heavy atom. The lowest BCUT2D eigenvalue weighted by Crippen LogP contribution is -2.00. The summed E-state index contributed by atoms with van der Waals surface area (Å²) in [6.07, 6.45) is 0. The van der Waals surface area contributed by atoms with E-state index in [0.717, 1.165) is 21.5 Å². The van der Waals surface area contributed by atoms with Crippen LogP contribution >= 0.6 is 15.9 Å². The van der Waals surface area contributed by atoms with Gasteiger partial charge in [-0.15, -0.1) is 0 Å². The molecule has 20 heavy (non-hydrogen) atoms. The third-order valence-corrected chi connectivity index (χ3v) is 3.95. The van der Waals surface area contributed by atoms with Crippen LogP contribution in [-0.2, 0) is 6.61 Å². The molecule has 0 heterocycles. The van der Waals surface area contributed by atoms with E-state index in [1.807, 2.05) is 36.4 Å². The highest BCUT2D eigenvalue weighted by atomic mass is 79.9. The zero-order chi connectivity index (χ0) is 14.5. The zero-order valence-corrected chi connectivity index (χ0v) is 13.6. The zero-order valence-electron chi connectivity index (χ0n) is 12.0. The Hall–Kier alpha value is -1.48. The van der Waals surface area contributed by atoms with Crippen LogP contribution in [0.2, 0.25) is 0 Å². The van der Waals surface area contributed by atoms with Gasteiger partial charge in [0.05, 0.1) is 7.11 Å². The van der Waals surface area contributed by atoms with Crippen molar-refractivity contribution >= 4 is 15.9 Å². The molecule has 0 saturated carbocycles. The third kappa shape index (κ3) is 3.54. The molecule has 0 radical (unpaired) electrons. The van der Waals surface area contributed by atoms with Crippen LogP contribution in [-0.4, -0.2) is 7.11 Å². The van der Waals surface area contributed by atoms with Crippen LogP contribution in [0.1, 0.15) is 30.9 Å². The molecule has 0 saturated heterocycles. The second-order valence-corrected chi connectivity index (χ2v) is 5.79. The molecule has 0 atom stereocenters. The van der Waals surface area contributed by atoms with Crippen molar-refractivity contribution in [2.45, 2.75) is 26.4 Å². The fraction of sp³-hybridized carbons (Fsp3) is 0.294. The van der Waals surface area contributed by atoms with Crippen molar-refractivity contribution in [1.82, 2.24) is 0 Å². The van der Waals surface area contributed by atoms with E-state index in [0.29, 0.717) is 12.5 Å². The minimum atomic E-state index is 0.444. The van der Waals surface area contributed by atoms with E-state index in [2.05, 4.69) is 35.8 Å². The molecule has 0 unspecified atom stereocenters. The van der Waals surface area contributed by atoms with Crippen molar-refractivity contribution in [2.75, 3.05) is 7.11 Å². The molecular weight excluding hydrogens is 316 g/mol. The van der Waals surface area contributed by atoms with Crippen LogP contribution in [0.3, 0.4) is 0 Å². The molecule has 0 amide bonds. The fourth-order valence-electron chi connectivity index (χ4n) is 2.03. The standard InChI is InChI=1S/C17H19BrO2/c1-12(2)15-6-4-5-7-17(15)20-11-13-10-14(19-3)8-9-16(13)18/h4-10,12H,11H2,1-3H3. The highest BCUT2D eigenvalue weighted by Gasteiger charge is 2.08. The van der Waals surface area contributed by atoms with Crippen molar-refractivity contribution in [3.05, 3.63) is 58.1 Å². The number of para-hydroxylation sites is 1. The van der Waals surface area contributed by atoms with E-state index < -0.39 is 0 Å². The van der Waals surface area contributed by atoms with Crippen molar-refractivity contribution in [1.29, 1.82) is 0 Å². The van der Waals surface area contributed by atoms with Crippen LogP contribution in [0.25, 0.3) is 0 Å². The topological polar surface area (TPSA) is 18.5 Å². The number of hydrogen-bond acceptors (Lipinski definition) is 2. The van der Waals surface area contributed by atoms with Gasteiger partial charge in [0.25, 0.3) is 0 Å². The summed E-state index contributed by atoms with van der Waals surface area (Å²) in [5, 5.41) is 0. The van der Waals surface area contributed by atoms with Crippen LogP contribution in [0.5, 0.6) is 11.5 Å². The summed E-state index contributed by atoms with van der Waals surface area (Å²) in [6.45, 7) is 4.86. The van der Waals surface area contributed by atoms with Gasteiger partial charge < -0.3 is 9.47 Å². The van der Waals surface area contributed by atoms with Crippen molar-refractivity contribution < 1.29 is 9.47 Å². The molecule has 0 aromatic heterocycles. The molecular formula is C17H19BrO2. The predicted octanol–water partition coefficient (Wildman–Crippen LogP) is 5.16. The van der Waals surface area contributed by atoms with Crippen molar-refractivity contribution in [2.24, 2.45) is 0 Å². The van der Waals surface area contributed by atoms with Crippen LogP contribution in [0.15, 0.2) is 46.9 Å². The monoisotopic (exact) mass is 334 g/mol. The van der Waals surface area contributed by atoms with Crippen LogP contribution < -0.4 is 9.47 Å². The first kappa shape index (κ1) is 14.9. The molecule has 106 valence electrons. The molecule has 0 fully saturated rings. The third-order valence-electron chi connectivity index (χ3n) is 3.18. The molecule has 0 aliphatic heterocycles. The minimum absolute atomic E-state index is 0.444. The smallest absolute Gasteiger partial charge is 0.123 e. The second kappa shape index (κ2) is 6.80. The molecule has 3 heteroatoms. The lowest BCUT2D eigenvalue weighted by molar-refractivity contribution is 0.300. The maximum absolute atomic E-state index is 5.98. The number of rotatable bonds is 5. The molecule has 2 aromatic carbocycles. The predicted molar refractivity (Wildman–Crippen MR) is 85.6 cm³/mol. The molecule has 0 aliphatic carbocycles. The van der Waals surface area contributed by atoms with Crippen molar-refractivity contribution in [3.63, 3.8) is 0 Å². The van der Waals surface area contributed by atoms with Gasteiger partial charge >= 0.3 is 0 Å². The van der Waals surface area contributed by atoms with Crippen LogP contribution in [0.4, 0.5) is 0 Å². The number of hydrogen-bond donors (Lipinski definition) is 0. The van der Waals surface area contributed by atoms with E-state index in [-0.39, 0.29) is 0 Å². The first-order chi connectivity index (χ1) is 9.61. The summed E-state index contributed by atoms with van der Waals surface area (Å²) < 4.78 is 12.3.